The number of fused-ring (bicyclic) bond motifs is 3. The molecule has 168 valence electrons. The van der Waals surface area contributed by atoms with Crippen molar-refractivity contribution in [1.82, 2.24) is 9.97 Å². The van der Waals surface area contributed by atoms with Gasteiger partial charge in [-0.25, -0.2) is 19.0 Å². The number of anilines is 1. The van der Waals surface area contributed by atoms with E-state index in [1.807, 2.05) is 30.3 Å². The Morgan fingerprint density at radius 3 is 2.53 bits per heavy atom. The monoisotopic (exact) mass is 455 g/mol. The number of aromatic nitrogens is 2. The maximum absolute atomic E-state index is 14.6. The van der Waals surface area contributed by atoms with E-state index >= 15 is 0 Å². The van der Waals surface area contributed by atoms with Crippen LogP contribution in [-0.2, 0) is 11.3 Å². The highest BCUT2D eigenvalue weighted by atomic mass is 19.1. The van der Waals surface area contributed by atoms with Crippen molar-refractivity contribution in [3.63, 3.8) is 0 Å². The first-order chi connectivity index (χ1) is 16.5. The first kappa shape index (κ1) is 21.1. The summed E-state index contributed by atoms with van der Waals surface area (Å²) in [5, 5.41) is 13.5. The molecule has 5 rings (SSSR count). The molecule has 0 radical (unpaired) electrons. The largest absolute Gasteiger partial charge is 0.476 e. The maximum Gasteiger partial charge on any atom is 0.411 e. The number of carboxylic acids is 1. The van der Waals surface area contributed by atoms with Gasteiger partial charge in [-0.2, -0.15) is 0 Å². The van der Waals surface area contributed by atoms with Crippen LogP contribution in [0.4, 0.5) is 14.9 Å². The van der Waals surface area contributed by atoms with Gasteiger partial charge in [0.2, 0.25) is 0 Å². The van der Waals surface area contributed by atoms with Gasteiger partial charge in [-0.3, -0.25) is 5.32 Å². The van der Waals surface area contributed by atoms with Crippen LogP contribution in [0, 0.1) is 5.82 Å². The Morgan fingerprint density at radius 2 is 1.76 bits per heavy atom. The molecule has 0 bridgehead atoms. The number of amides is 1. The van der Waals surface area contributed by atoms with Crippen LogP contribution in [0.5, 0.6) is 0 Å². The number of carboxylic acid groups (broad SMARTS) is 1. The summed E-state index contributed by atoms with van der Waals surface area (Å²) in [5.41, 5.74) is 2.74. The van der Waals surface area contributed by atoms with E-state index in [2.05, 4.69) is 15.3 Å². The number of pyridine rings is 1. The number of halogens is 1. The van der Waals surface area contributed by atoms with Crippen LogP contribution in [0.25, 0.3) is 32.9 Å². The summed E-state index contributed by atoms with van der Waals surface area (Å²) in [5.74, 6) is -1.65. The Kier molecular flexibility index (Phi) is 5.39. The molecule has 0 atom stereocenters. The molecule has 0 saturated carbocycles. The zero-order valence-electron chi connectivity index (χ0n) is 17.7. The molecule has 0 unspecified atom stereocenters. The second-order valence-electron chi connectivity index (χ2n) is 7.63. The van der Waals surface area contributed by atoms with Crippen LogP contribution in [0.2, 0.25) is 0 Å². The third kappa shape index (κ3) is 3.93. The number of hydrogen-bond donors (Lipinski definition) is 3. The summed E-state index contributed by atoms with van der Waals surface area (Å²) in [6.45, 7) is 0.126. The van der Waals surface area contributed by atoms with Crippen LogP contribution in [-0.4, -0.2) is 27.1 Å². The van der Waals surface area contributed by atoms with Crippen molar-refractivity contribution < 1.29 is 23.8 Å². The van der Waals surface area contributed by atoms with Gasteiger partial charge < -0.3 is 14.8 Å². The van der Waals surface area contributed by atoms with Gasteiger partial charge in [0.25, 0.3) is 0 Å². The molecular formula is C26H18FN3O4. The number of nitrogens with one attached hydrogen (secondary N) is 2. The lowest BCUT2D eigenvalue weighted by molar-refractivity contribution is 0.0692. The van der Waals surface area contributed by atoms with Gasteiger partial charge in [0.15, 0.2) is 5.69 Å². The molecule has 3 aromatic carbocycles. The van der Waals surface area contributed by atoms with E-state index in [1.54, 1.807) is 36.4 Å². The molecular weight excluding hydrogens is 437 g/mol. The van der Waals surface area contributed by atoms with Crippen molar-refractivity contribution in [2.24, 2.45) is 0 Å². The van der Waals surface area contributed by atoms with E-state index in [0.717, 1.165) is 5.56 Å². The lowest BCUT2D eigenvalue weighted by Gasteiger charge is -2.08. The Labute approximate surface area is 192 Å². The average molecular weight is 455 g/mol. The van der Waals surface area contributed by atoms with Gasteiger partial charge in [0, 0.05) is 39.3 Å². The van der Waals surface area contributed by atoms with Crippen LogP contribution in [0.3, 0.4) is 0 Å². The molecule has 1 amide bonds. The van der Waals surface area contributed by atoms with E-state index in [4.69, 9.17) is 4.74 Å². The standard InChI is InChI=1S/C26H18FN3O4/c27-20-9-5-4-8-17(20)19-13-28-24(25(31)32)23-22(19)18-11-10-16(12-21(18)30-23)29-26(33)34-14-15-6-2-1-3-7-15/h1-13,30H,14H2,(H,29,33)(H,31,32). The predicted molar refractivity (Wildman–Crippen MR) is 126 cm³/mol. The molecule has 34 heavy (non-hydrogen) atoms. The van der Waals surface area contributed by atoms with Crippen LogP contribution >= 0.6 is 0 Å². The van der Waals surface area contributed by atoms with Crippen LogP contribution < -0.4 is 5.32 Å². The fourth-order valence-electron chi connectivity index (χ4n) is 3.91. The van der Waals surface area contributed by atoms with E-state index in [0.29, 0.717) is 33.1 Å². The summed E-state index contributed by atoms with van der Waals surface area (Å²) in [7, 11) is 0. The Balaban J connectivity index is 1.53. The lowest BCUT2D eigenvalue weighted by Crippen LogP contribution is -2.13. The van der Waals surface area contributed by atoms with Gasteiger partial charge in [0.1, 0.15) is 12.4 Å². The molecule has 0 fully saturated rings. The summed E-state index contributed by atoms with van der Waals surface area (Å²) in [6, 6.07) is 20.6. The van der Waals surface area contributed by atoms with Crippen molar-refractivity contribution >= 4 is 39.6 Å². The molecule has 5 aromatic rings. The molecule has 0 aliphatic carbocycles. The highest BCUT2D eigenvalue weighted by Crippen LogP contribution is 2.37. The zero-order chi connectivity index (χ0) is 23.7. The molecule has 0 aliphatic heterocycles. The second-order valence-corrected chi connectivity index (χ2v) is 7.63. The minimum Gasteiger partial charge on any atom is -0.476 e. The van der Waals surface area contributed by atoms with E-state index in [1.165, 1.54) is 12.3 Å². The van der Waals surface area contributed by atoms with Gasteiger partial charge in [-0.1, -0.05) is 54.6 Å². The molecule has 7 nitrogen and oxygen atoms in total. The third-order valence-electron chi connectivity index (χ3n) is 5.45. The maximum atomic E-state index is 14.6. The number of nitrogens with zero attached hydrogens (tertiary/aromatic N) is 1. The van der Waals surface area contributed by atoms with Gasteiger partial charge >= 0.3 is 12.1 Å². The third-order valence-corrected chi connectivity index (χ3v) is 5.45. The summed E-state index contributed by atoms with van der Waals surface area (Å²) in [4.78, 5) is 31.1. The number of carbonyl (C=O) groups is 2. The molecule has 0 aliphatic rings. The van der Waals surface area contributed by atoms with E-state index in [9.17, 15) is 19.1 Å². The normalized spacial score (nSPS) is 11.0. The first-order valence-electron chi connectivity index (χ1n) is 10.4. The second kappa shape index (κ2) is 8.67. The number of H-pyrrole nitrogens is 1. The molecule has 8 heteroatoms. The summed E-state index contributed by atoms with van der Waals surface area (Å²) < 4.78 is 19.8. The summed E-state index contributed by atoms with van der Waals surface area (Å²) >= 11 is 0. The van der Waals surface area contributed by atoms with Crippen LogP contribution in [0.1, 0.15) is 16.1 Å². The number of hydrogen-bond acceptors (Lipinski definition) is 4. The quantitative estimate of drug-likeness (QED) is 0.303. The highest BCUT2D eigenvalue weighted by molar-refractivity contribution is 6.18. The molecule has 0 spiro atoms. The fourth-order valence-corrected chi connectivity index (χ4v) is 3.91. The smallest absolute Gasteiger partial charge is 0.411 e. The SMILES string of the molecule is O=C(Nc1ccc2c(c1)[nH]c1c(C(=O)O)ncc(-c3ccccc3F)c12)OCc1ccccc1. The minimum absolute atomic E-state index is 0.126. The van der Waals surface area contributed by atoms with Gasteiger partial charge in [-0.15, -0.1) is 0 Å². The van der Waals surface area contributed by atoms with Gasteiger partial charge in [-0.05, 0) is 23.8 Å². The molecule has 3 N–H and O–H groups in total. The van der Waals surface area contributed by atoms with Crippen molar-refractivity contribution in [3.05, 3.63) is 96.1 Å². The first-order valence-corrected chi connectivity index (χ1v) is 10.4. The number of aromatic carboxylic acids is 1. The van der Waals surface area contributed by atoms with Crippen LogP contribution in [0.15, 0.2) is 79.0 Å². The number of benzene rings is 3. The number of carbonyl (C=O) groups excluding carboxylic acids is 1. The minimum atomic E-state index is -1.21. The Hall–Kier alpha value is -4.72. The lowest BCUT2D eigenvalue weighted by atomic mass is 10.00. The van der Waals surface area contributed by atoms with Crippen molar-refractivity contribution in [1.29, 1.82) is 0 Å². The molecule has 0 saturated heterocycles. The van der Waals surface area contributed by atoms with Crippen molar-refractivity contribution in [2.75, 3.05) is 5.32 Å². The zero-order valence-corrected chi connectivity index (χ0v) is 17.7. The number of aromatic amines is 1. The highest BCUT2D eigenvalue weighted by Gasteiger charge is 2.20. The van der Waals surface area contributed by atoms with E-state index in [-0.39, 0.29) is 17.8 Å². The number of ether oxygens (including phenoxy) is 1. The number of rotatable bonds is 5. The fraction of sp³-hybridized carbons (Fsp3) is 0.0385. The summed E-state index contributed by atoms with van der Waals surface area (Å²) in [6.07, 6.45) is 0.740. The molecule has 2 aromatic heterocycles. The average Bonchev–Trinajstić information content (AvgIpc) is 3.22. The van der Waals surface area contributed by atoms with Gasteiger partial charge in [0.05, 0.1) is 5.52 Å². The Morgan fingerprint density at radius 1 is 1.00 bits per heavy atom. The molecule has 2 heterocycles. The predicted octanol–water partition coefficient (Wildman–Crippen LogP) is 5.97. The Bertz CT molecular complexity index is 1550. The van der Waals surface area contributed by atoms with E-state index < -0.39 is 17.9 Å². The topological polar surface area (TPSA) is 104 Å². The van der Waals surface area contributed by atoms with Crippen molar-refractivity contribution in [2.45, 2.75) is 6.61 Å². The van der Waals surface area contributed by atoms with Crippen molar-refractivity contribution in [3.8, 4) is 11.1 Å².